The number of nitrogens with one attached hydrogen (secondary N) is 1. The van der Waals surface area contributed by atoms with E-state index in [9.17, 15) is 13.2 Å². The van der Waals surface area contributed by atoms with Crippen LogP contribution in [0, 0.1) is 5.92 Å². The number of hydrogen-bond donors (Lipinski definition) is 2. The molecule has 1 unspecified atom stereocenters. The first-order valence-electron chi connectivity index (χ1n) is 9.53. The first kappa shape index (κ1) is 21.2. The van der Waals surface area contributed by atoms with Crippen molar-refractivity contribution >= 4 is 15.9 Å². The minimum absolute atomic E-state index is 0.0497. The van der Waals surface area contributed by atoms with Crippen molar-refractivity contribution in [2.24, 2.45) is 5.92 Å². The SMILES string of the molecule is CN(C(C(=O)NO)C1CCCCC1)S(=O)(=O)c1ccc(Oc2ccncc2)cc1. The van der Waals surface area contributed by atoms with Gasteiger partial charge in [-0.15, -0.1) is 0 Å². The molecule has 0 radical (unpaired) electrons. The molecule has 3 rings (SSSR count). The Morgan fingerprint density at radius 3 is 2.28 bits per heavy atom. The highest BCUT2D eigenvalue weighted by Crippen LogP contribution is 2.32. The summed E-state index contributed by atoms with van der Waals surface area (Å²) in [6.07, 6.45) is 7.64. The Morgan fingerprint density at radius 1 is 1.10 bits per heavy atom. The van der Waals surface area contributed by atoms with Gasteiger partial charge in [0.1, 0.15) is 17.5 Å². The number of pyridine rings is 1. The number of amides is 1. The van der Waals surface area contributed by atoms with E-state index in [1.807, 2.05) is 0 Å². The first-order valence-corrected chi connectivity index (χ1v) is 11.0. The van der Waals surface area contributed by atoms with Crippen LogP contribution in [0.2, 0.25) is 0 Å². The Kier molecular flexibility index (Phi) is 6.83. The monoisotopic (exact) mass is 419 g/mol. The van der Waals surface area contributed by atoms with Gasteiger partial charge in [0.25, 0.3) is 5.91 Å². The van der Waals surface area contributed by atoms with E-state index < -0.39 is 22.0 Å². The van der Waals surface area contributed by atoms with Crippen LogP contribution in [0.4, 0.5) is 0 Å². The van der Waals surface area contributed by atoms with E-state index in [1.54, 1.807) is 42.1 Å². The zero-order valence-electron chi connectivity index (χ0n) is 16.2. The van der Waals surface area contributed by atoms with Crippen molar-refractivity contribution in [1.82, 2.24) is 14.8 Å². The number of rotatable bonds is 7. The van der Waals surface area contributed by atoms with Gasteiger partial charge in [-0.1, -0.05) is 19.3 Å². The summed E-state index contributed by atoms with van der Waals surface area (Å²) in [5.74, 6) is 0.227. The van der Waals surface area contributed by atoms with Crippen LogP contribution in [0.3, 0.4) is 0 Å². The fraction of sp³-hybridized carbons (Fsp3) is 0.400. The molecule has 0 saturated heterocycles. The molecular formula is C20H25N3O5S. The average Bonchev–Trinajstić information content (AvgIpc) is 2.75. The van der Waals surface area contributed by atoms with Gasteiger partial charge in [-0.05, 0) is 55.2 Å². The molecule has 1 amide bonds. The van der Waals surface area contributed by atoms with Crippen molar-refractivity contribution in [3.8, 4) is 11.5 Å². The lowest BCUT2D eigenvalue weighted by atomic mass is 9.83. The maximum absolute atomic E-state index is 13.1. The zero-order valence-corrected chi connectivity index (χ0v) is 17.0. The van der Waals surface area contributed by atoms with E-state index in [0.29, 0.717) is 11.5 Å². The van der Waals surface area contributed by atoms with Crippen LogP contribution in [0.5, 0.6) is 11.5 Å². The molecule has 9 heteroatoms. The van der Waals surface area contributed by atoms with Gasteiger partial charge in [0, 0.05) is 19.4 Å². The van der Waals surface area contributed by atoms with Gasteiger partial charge in [-0.2, -0.15) is 4.31 Å². The van der Waals surface area contributed by atoms with Crippen LogP contribution >= 0.6 is 0 Å². The van der Waals surface area contributed by atoms with Crippen LogP contribution in [-0.2, 0) is 14.8 Å². The molecule has 1 saturated carbocycles. The Labute approximate surface area is 170 Å². The second-order valence-electron chi connectivity index (χ2n) is 7.10. The molecule has 8 nitrogen and oxygen atoms in total. The third-order valence-electron chi connectivity index (χ3n) is 5.25. The molecule has 156 valence electrons. The van der Waals surface area contributed by atoms with Crippen molar-refractivity contribution < 1.29 is 23.2 Å². The number of nitrogens with zero attached hydrogens (tertiary/aromatic N) is 2. The van der Waals surface area contributed by atoms with Crippen LogP contribution < -0.4 is 10.2 Å². The minimum atomic E-state index is -3.94. The number of hydrogen-bond acceptors (Lipinski definition) is 6. The molecule has 0 bridgehead atoms. The Hall–Kier alpha value is -2.49. The number of likely N-dealkylation sites (N-methyl/N-ethyl adjacent to an activating group) is 1. The van der Waals surface area contributed by atoms with Crippen molar-refractivity contribution in [2.45, 2.75) is 43.0 Å². The summed E-state index contributed by atoms with van der Waals surface area (Å²) >= 11 is 0. The Morgan fingerprint density at radius 2 is 1.69 bits per heavy atom. The average molecular weight is 420 g/mol. The Bertz CT molecular complexity index is 913. The number of hydroxylamine groups is 1. The largest absolute Gasteiger partial charge is 0.457 e. The summed E-state index contributed by atoms with van der Waals surface area (Å²) in [7, 11) is -2.56. The first-order chi connectivity index (χ1) is 13.9. The maximum atomic E-state index is 13.1. The quantitative estimate of drug-likeness (QED) is 0.528. The lowest BCUT2D eigenvalue weighted by Gasteiger charge is -2.34. The normalized spacial score (nSPS) is 16.4. The molecule has 0 aliphatic heterocycles. The molecule has 1 atom stereocenters. The van der Waals surface area contributed by atoms with Crippen molar-refractivity contribution in [3.63, 3.8) is 0 Å². The molecule has 29 heavy (non-hydrogen) atoms. The van der Waals surface area contributed by atoms with Gasteiger partial charge in [0.05, 0.1) is 4.90 Å². The third-order valence-corrected chi connectivity index (χ3v) is 7.11. The zero-order chi connectivity index (χ0) is 20.9. The molecule has 1 aliphatic rings. The summed E-state index contributed by atoms with van der Waals surface area (Å²) in [4.78, 5) is 16.3. The molecule has 1 aromatic carbocycles. The van der Waals surface area contributed by atoms with Crippen LogP contribution in [-0.4, -0.2) is 41.9 Å². The number of carbonyl (C=O) groups is 1. The van der Waals surface area contributed by atoms with E-state index in [2.05, 4.69) is 4.98 Å². The van der Waals surface area contributed by atoms with E-state index in [4.69, 9.17) is 9.94 Å². The minimum Gasteiger partial charge on any atom is -0.457 e. The highest BCUT2D eigenvalue weighted by atomic mass is 32.2. The summed E-state index contributed by atoms with van der Waals surface area (Å²) < 4.78 is 33.0. The molecule has 1 fully saturated rings. The highest BCUT2D eigenvalue weighted by Gasteiger charge is 2.38. The summed E-state index contributed by atoms with van der Waals surface area (Å²) in [6, 6.07) is 8.43. The fourth-order valence-corrected chi connectivity index (χ4v) is 5.11. The Balaban J connectivity index is 1.81. The van der Waals surface area contributed by atoms with Crippen LogP contribution in [0.15, 0.2) is 53.7 Å². The predicted octanol–water partition coefficient (Wildman–Crippen LogP) is 2.95. The van der Waals surface area contributed by atoms with Crippen molar-refractivity contribution in [1.29, 1.82) is 0 Å². The van der Waals surface area contributed by atoms with Gasteiger partial charge in [0.2, 0.25) is 10.0 Å². The number of carbonyl (C=O) groups excluding carboxylic acids is 1. The second kappa shape index (κ2) is 9.34. The lowest BCUT2D eigenvalue weighted by Crippen LogP contribution is -2.51. The summed E-state index contributed by atoms with van der Waals surface area (Å²) in [5.41, 5.74) is 1.63. The number of ether oxygens (including phenoxy) is 1. The number of sulfonamides is 1. The number of benzene rings is 1. The van der Waals surface area contributed by atoms with E-state index in [-0.39, 0.29) is 10.8 Å². The molecule has 1 heterocycles. The molecule has 2 aromatic rings. The molecule has 0 spiro atoms. The van der Waals surface area contributed by atoms with Gasteiger partial charge in [-0.25, -0.2) is 13.9 Å². The smallest absolute Gasteiger partial charge is 0.262 e. The van der Waals surface area contributed by atoms with Gasteiger partial charge in [-0.3, -0.25) is 15.0 Å². The third kappa shape index (κ3) is 4.92. The van der Waals surface area contributed by atoms with E-state index in [1.165, 1.54) is 19.2 Å². The van der Waals surface area contributed by atoms with Crippen LogP contribution in [0.1, 0.15) is 32.1 Å². The van der Waals surface area contributed by atoms with Crippen molar-refractivity contribution in [2.75, 3.05) is 7.05 Å². The van der Waals surface area contributed by atoms with E-state index >= 15 is 0 Å². The molecule has 2 N–H and O–H groups in total. The topological polar surface area (TPSA) is 109 Å². The molecular weight excluding hydrogens is 394 g/mol. The van der Waals surface area contributed by atoms with Gasteiger partial charge in [0.15, 0.2) is 0 Å². The van der Waals surface area contributed by atoms with Gasteiger partial charge >= 0.3 is 0 Å². The lowest BCUT2D eigenvalue weighted by molar-refractivity contribution is -0.135. The maximum Gasteiger partial charge on any atom is 0.262 e. The van der Waals surface area contributed by atoms with E-state index in [0.717, 1.165) is 36.4 Å². The highest BCUT2D eigenvalue weighted by molar-refractivity contribution is 7.89. The summed E-state index contributed by atoms with van der Waals surface area (Å²) in [5, 5.41) is 9.16. The molecule has 1 aliphatic carbocycles. The molecule has 1 aromatic heterocycles. The predicted molar refractivity (Wildman–Crippen MR) is 106 cm³/mol. The standard InChI is InChI=1S/C20H25N3O5S/c1-23(19(20(24)22-25)15-5-3-2-4-6-15)29(26,27)18-9-7-16(8-10-18)28-17-11-13-21-14-12-17/h7-15,19,25H,2-6H2,1H3,(H,22,24). The number of aromatic nitrogens is 1. The fourth-order valence-electron chi connectivity index (χ4n) is 3.73. The summed E-state index contributed by atoms with van der Waals surface area (Å²) in [6.45, 7) is 0. The van der Waals surface area contributed by atoms with Crippen LogP contribution in [0.25, 0.3) is 0 Å². The second-order valence-corrected chi connectivity index (χ2v) is 9.09. The van der Waals surface area contributed by atoms with Crippen molar-refractivity contribution in [3.05, 3.63) is 48.8 Å². The van der Waals surface area contributed by atoms with Gasteiger partial charge < -0.3 is 4.74 Å².